The number of pyridine rings is 4. The molecule has 0 saturated carbocycles. The number of carboxylic acid groups (broad SMARTS) is 2. The number of carbonyl (C=O) groups excluding carboxylic acids is 1. The van der Waals surface area contributed by atoms with Crippen LogP contribution in [0.1, 0.15) is 76.2 Å². The molecule has 95 heavy (non-hydrogen) atoms. The van der Waals surface area contributed by atoms with Crippen molar-refractivity contribution in [2.75, 3.05) is 55.8 Å². The highest BCUT2D eigenvalue weighted by molar-refractivity contribution is 9.11. The van der Waals surface area contributed by atoms with Crippen LogP contribution in [-0.2, 0) is 106 Å². The molecule has 0 amide bonds. The maximum Gasteiger partial charge on any atom is 0.357 e. The molecule has 0 aliphatic rings. The van der Waals surface area contributed by atoms with Crippen molar-refractivity contribution in [1.82, 2.24) is 64.9 Å². The number of carboxylic acids is 2. The summed E-state index contributed by atoms with van der Waals surface area (Å²) in [4.78, 5) is 50.5. The van der Waals surface area contributed by atoms with Crippen molar-refractivity contribution in [2.24, 2.45) is 21.1 Å². The monoisotopic (exact) mass is 1620 g/mol. The highest BCUT2D eigenvalue weighted by Gasteiger charge is 2.31. The zero-order valence-corrected chi connectivity index (χ0v) is 60.8. The van der Waals surface area contributed by atoms with Crippen molar-refractivity contribution < 1.29 is 80.2 Å². The molecule has 0 bridgehead atoms. The molecule has 7 heterocycles. The Labute approximate surface area is 570 Å². The maximum atomic E-state index is 13.5. The van der Waals surface area contributed by atoms with Gasteiger partial charge in [-0.15, -0.1) is 15.3 Å². The normalized spacial score (nSPS) is 11.7. The Balaban J connectivity index is 0.000000267. The molecule has 0 saturated heterocycles. The first kappa shape index (κ1) is 79.3. The molecule has 0 aliphatic heterocycles. The molecule has 8 rings (SSSR count). The standard InChI is InChI=1S/C21H24FN5O4S.C12H15N5O4S.C8H11BrN2O2S.C7H8BrFN2O4S2.C4H4BrN3O2/c1-4-15-16(25-32(3,29)30)10-11-17(23-15)21-18(27(2)26-24-21)12-20(28)31-19(13-22)14-8-6-5-7-9-14;1-4-7-8(15-22(3,20)21)5-6-9(13-7)10-11(12(18)19)17(2)16-14-10;1-3-6-7(11-14(2,12)13)4-5-8(9)10-6;1-16(12,13)11(17(2,14)15)5-3-4-6(8)10-7(5)9;1-8-2(4(9)10)3(5)6-7-8/h5-11,19,25H,4,12-13H2,1-3H3;5-6,15H,4H2,1-3H3,(H,18,19);4-5,11H,3H2,1-2H3;3-4H,1-2H3;1H3,(H,9,10)/t19-;;;;/m1..../s1. The molecule has 0 radical (unpaired) electrons. The molecule has 516 valence electrons. The molecular formula is C52H62Br3F2N17O16S5. The van der Waals surface area contributed by atoms with E-state index in [-0.39, 0.29) is 36.4 Å². The van der Waals surface area contributed by atoms with E-state index in [1.54, 1.807) is 61.6 Å². The second-order valence-electron chi connectivity index (χ2n) is 19.5. The van der Waals surface area contributed by atoms with Crippen LogP contribution in [0.3, 0.4) is 0 Å². The van der Waals surface area contributed by atoms with E-state index in [0.29, 0.717) is 93.2 Å². The molecule has 0 fully saturated rings. The van der Waals surface area contributed by atoms with Crippen LogP contribution in [0.15, 0.2) is 92.7 Å². The topological polar surface area (TPSA) is 455 Å². The van der Waals surface area contributed by atoms with E-state index in [1.165, 1.54) is 41.7 Å². The molecule has 0 aliphatic carbocycles. The van der Waals surface area contributed by atoms with Crippen LogP contribution in [0.5, 0.6) is 0 Å². The van der Waals surface area contributed by atoms with Gasteiger partial charge in [-0.05, 0) is 121 Å². The summed E-state index contributed by atoms with van der Waals surface area (Å²) in [7, 11) is -13.8. The summed E-state index contributed by atoms with van der Waals surface area (Å²) in [6.07, 6.45) is 4.98. The molecule has 8 aromatic rings. The Kier molecular flexibility index (Phi) is 28.4. The lowest BCUT2D eigenvalue weighted by molar-refractivity contribution is -0.149. The van der Waals surface area contributed by atoms with Gasteiger partial charge < -0.3 is 14.9 Å². The lowest BCUT2D eigenvalue weighted by Gasteiger charge is -2.19. The third-order valence-corrected chi connectivity index (χ3v) is 18.1. The Hall–Kier alpha value is -8.10. The summed E-state index contributed by atoms with van der Waals surface area (Å²) < 4.78 is 158. The van der Waals surface area contributed by atoms with Crippen molar-refractivity contribution in [3.8, 4) is 22.8 Å². The molecule has 33 nitrogen and oxygen atoms in total. The first-order valence-electron chi connectivity index (χ1n) is 26.7. The van der Waals surface area contributed by atoms with Gasteiger partial charge in [0.1, 0.15) is 33.0 Å². The van der Waals surface area contributed by atoms with Gasteiger partial charge in [-0.3, -0.25) is 23.6 Å². The second-order valence-corrected chi connectivity index (χ2v) is 31.0. The lowest BCUT2D eigenvalue weighted by Crippen LogP contribution is -2.36. The molecule has 5 N–H and O–H groups in total. The number of ether oxygens (including phenoxy) is 1. The van der Waals surface area contributed by atoms with Crippen molar-refractivity contribution in [1.29, 1.82) is 0 Å². The van der Waals surface area contributed by atoms with E-state index < -0.39 is 92.4 Å². The summed E-state index contributed by atoms with van der Waals surface area (Å²) in [6, 6.07) is 20.5. The number of nitrogens with zero attached hydrogens (tertiary/aromatic N) is 14. The number of carbonyl (C=O) groups is 3. The fourth-order valence-corrected chi connectivity index (χ4v) is 13.7. The number of aromatic carboxylic acids is 2. The summed E-state index contributed by atoms with van der Waals surface area (Å²) in [5, 5.41) is 40.3. The van der Waals surface area contributed by atoms with E-state index in [4.69, 9.17) is 9.84 Å². The number of halogens is 5. The molecule has 0 spiro atoms. The number of benzene rings is 1. The number of hydrogen-bond acceptors (Lipinski definition) is 24. The number of alkyl halides is 1. The van der Waals surface area contributed by atoms with Crippen LogP contribution < -0.4 is 17.9 Å². The van der Waals surface area contributed by atoms with Crippen LogP contribution in [-0.4, -0.2) is 173 Å². The molecular weight excluding hydrogens is 1560 g/mol. The molecule has 1 atom stereocenters. The van der Waals surface area contributed by atoms with E-state index in [2.05, 4.69) is 113 Å². The van der Waals surface area contributed by atoms with Gasteiger partial charge in [0.2, 0.25) is 56.1 Å². The van der Waals surface area contributed by atoms with Crippen LogP contribution in [0, 0.1) is 5.95 Å². The number of sulfonamides is 5. The highest BCUT2D eigenvalue weighted by atomic mass is 79.9. The van der Waals surface area contributed by atoms with Gasteiger partial charge in [0.05, 0.1) is 88.9 Å². The summed E-state index contributed by atoms with van der Waals surface area (Å²) in [5.41, 5.74) is 4.60. The molecule has 7 aromatic heterocycles. The Morgan fingerprint density at radius 2 is 0.968 bits per heavy atom. The smallest absolute Gasteiger partial charge is 0.357 e. The van der Waals surface area contributed by atoms with Crippen LogP contribution >= 0.6 is 47.8 Å². The number of anilines is 4. The van der Waals surface area contributed by atoms with E-state index >= 15 is 0 Å². The minimum absolute atomic E-state index is 0.00519. The molecule has 0 unspecified atom stereocenters. The second kappa shape index (κ2) is 34.0. The minimum Gasteiger partial charge on any atom is -0.476 e. The SMILES string of the molecule is CCc1nc(-c2nnn(C)c2C(=O)O)ccc1NS(C)(=O)=O.CCc1nc(-c2nnn(C)c2CC(=O)O[C@H](CF)c2ccccc2)ccc1NS(C)(=O)=O.CCc1nc(Br)ccc1NS(C)(=O)=O.CS(=O)(=O)N(c1ccc(Br)nc1F)S(C)(=O)=O.Cn1nnc(Br)c1C(=O)O. The Morgan fingerprint density at radius 1 is 0.558 bits per heavy atom. The van der Waals surface area contributed by atoms with Gasteiger partial charge in [-0.25, -0.2) is 85.4 Å². The number of rotatable bonds is 21. The number of hydrogen-bond donors (Lipinski definition) is 5. The van der Waals surface area contributed by atoms with Gasteiger partial charge >= 0.3 is 17.9 Å². The third kappa shape index (κ3) is 24.3. The first-order chi connectivity index (χ1) is 44.0. The lowest BCUT2D eigenvalue weighted by atomic mass is 10.1. The average Bonchev–Trinajstić information content (AvgIpc) is 1.48. The predicted octanol–water partition coefficient (Wildman–Crippen LogP) is 5.88. The van der Waals surface area contributed by atoms with Gasteiger partial charge in [0.15, 0.2) is 22.1 Å². The zero-order chi connectivity index (χ0) is 71.7. The quantitative estimate of drug-likeness (QED) is 0.0414. The van der Waals surface area contributed by atoms with Gasteiger partial charge in [0, 0.05) is 21.1 Å². The van der Waals surface area contributed by atoms with Crippen LogP contribution in [0.4, 0.5) is 31.5 Å². The zero-order valence-electron chi connectivity index (χ0n) is 51.9. The van der Waals surface area contributed by atoms with E-state index in [0.717, 1.165) is 35.2 Å². The average molecular weight is 1620 g/mol. The van der Waals surface area contributed by atoms with Gasteiger partial charge in [-0.1, -0.05) is 66.7 Å². The van der Waals surface area contributed by atoms with Crippen molar-refractivity contribution in [3.63, 3.8) is 0 Å². The Bertz CT molecular complexity index is 4620. The number of esters is 1. The van der Waals surface area contributed by atoms with Crippen LogP contribution in [0.2, 0.25) is 0 Å². The van der Waals surface area contributed by atoms with Crippen LogP contribution in [0.25, 0.3) is 22.8 Å². The Morgan fingerprint density at radius 3 is 1.38 bits per heavy atom. The van der Waals surface area contributed by atoms with Crippen molar-refractivity contribution >= 4 is 139 Å². The van der Waals surface area contributed by atoms with E-state index in [1.807, 2.05) is 20.8 Å². The fourth-order valence-electron chi connectivity index (χ4n) is 7.87. The number of aryl methyl sites for hydroxylation is 6. The number of nitrogens with one attached hydrogen (secondary N) is 3. The van der Waals surface area contributed by atoms with Gasteiger partial charge in [-0.2, -0.15) is 8.10 Å². The van der Waals surface area contributed by atoms with E-state index in [9.17, 15) is 70.4 Å². The van der Waals surface area contributed by atoms with Gasteiger partial charge in [0.25, 0.3) is 0 Å². The predicted molar refractivity (Wildman–Crippen MR) is 356 cm³/mol. The van der Waals surface area contributed by atoms with Crippen molar-refractivity contribution in [3.05, 3.63) is 138 Å². The molecule has 43 heteroatoms. The van der Waals surface area contributed by atoms with Crippen molar-refractivity contribution in [2.45, 2.75) is 52.6 Å². The largest absolute Gasteiger partial charge is 0.476 e. The maximum absolute atomic E-state index is 13.5. The summed E-state index contributed by atoms with van der Waals surface area (Å²) >= 11 is 9.05. The number of aromatic nitrogens is 13. The molecule has 1 aromatic carbocycles. The highest BCUT2D eigenvalue weighted by Crippen LogP contribution is 2.29. The first-order valence-corrected chi connectivity index (χ1v) is 38.5. The summed E-state index contributed by atoms with van der Waals surface area (Å²) in [6.45, 7) is 4.73. The minimum atomic E-state index is -4.16. The summed E-state index contributed by atoms with van der Waals surface area (Å²) in [5.74, 6) is -4.04. The third-order valence-electron chi connectivity index (χ3n) is 11.7. The fraction of sp³-hybridized carbons (Fsp3) is 0.327.